The second-order valence-electron chi connectivity index (χ2n) is 7.94. The zero-order valence-corrected chi connectivity index (χ0v) is 24.0. The maximum absolute atomic E-state index is 13.0. The van der Waals surface area contributed by atoms with Gasteiger partial charge < -0.3 is 44.2 Å². The normalized spacial score (nSPS) is 13.1. The Bertz CT molecular complexity index is 1250. The average Bonchev–Trinajstić information content (AvgIpc) is 3.30. The van der Waals surface area contributed by atoms with Gasteiger partial charge in [0, 0.05) is 12.2 Å². The highest BCUT2D eigenvalue weighted by Gasteiger charge is 2.28. The minimum Gasteiger partial charge on any atom is -0.478 e. The quantitative estimate of drug-likeness (QED) is 0.111. The molecule has 42 heavy (non-hydrogen) atoms. The number of carbonyl (C=O) groups excluding carboxylic acids is 2. The summed E-state index contributed by atoms with van der Waals surface area (Å²) in [6.07, 6.45) is 0.413. The molecule has 19 nitrogen and oxygen atoms in total. The maximum Gasteiger partial charge on any atom is 0.510 e. The molecule has 0 radical (unpaired) electrons. The van der Waals surface area contributed by atoms with E-state index in [1.807, 2.05) is 0 Å². The number of carboxylic acid groups (broad SMARTS) is 2. The number of hydrogen-bond acceptors (Lipinski definition) is 16. The molecule has 20 heteroatoms. The Morgan fingerprint density at radius 1 is 0.976 bits per heavy atom. The van der Waals surface area contributed by atoms with Crippen LogP contribution in [-0.2, 0) is 53.4 Å². The molecule has 0 aliphatic heterocycles. The third-order valence-corrected chi connectivity index (χ3v) is 5.68. The largest absolute Gasteiger partial charge is 0.510 e. The number of nitrogen functional groups attached to an aromatic ring is 1. The highest BCUT2D eigenvalue weighted by Crippen LogP contribution is 2.48. The molecule has 234 valence electrons. The van der Waals surface area contributed by atoms with Gasteiger partial charge >= 0.3 is 31.8 Å². The molecule has 0 aliphatic rings. The zero-order valence-electron chi connectivity index (χ0n) is 23.1. The molecule has 4 N–H and O–H groups in total. The standard InChI is InChI=1S/C18H28N5O10P.C4H4O4/c1-5-27-17(24)28-9-31-34(26,32-10-29-18(25)33-12(2)3)11-30-13(4)6-23-8-22-14-15(19)20-7-21-16(14)23;5-3(6)1-2-4(7)8/h7-8,12-13H,5-6,9-11H2,1-4H3,(H2,19,20,21);1-2H,(H,5,6)(H,7,8). The fourth-order valence-corrected chi connectivity index (χ4v) is 3.62. The van der Waals surface area contributed by atoms with Crippen LogP contribution >= 0.6 is 7.60 Å². The molecule has 2 unspecified atom stereocenters. The van der Waals surface area contributed by atoms with E-state index >= 15 is 0 Å². The van der Waals surface area contributed by atoms with Crippen LogP contribution in [0.1, 0.15) is 27.7 Å². The molecule has 2 aromatic rings. The molecule has 0 aliphatic carbocycles. The summed E-state index contributed by atoms with van der Waals surface area (Å²) in [7, 11) is -4.04. The number of aromatic nitrogens is 4. The lowest BCUT2D eigenvalue weighted by molar-refractivity contribution is -0.134. The maximum atomic E-state index is 13.0. The van der Waals surface area contributed by atoms with E-state index in [1.165, 1.54) is 12.7 Å². The summed E-state index contributed by atoms with van der Waals surface area (Å²) >= 11 is 0. The van der Waals surface area contributed by atoms with Crippen LogP contribution in [0.4, 0.5) is 15.4 Å². The first-order chi connectivity index (χ1) is 19.8. The molecule has 0 fully saturated rings. The molecule has 2 aromatic heterocycles. The van der Waals surface area contributed by atoms with E-state index in [4.69, 9.17) is 39.2 Å². The van der Waals surface area contributed by atoms with Crippen LogP contribution in [0.25, 0.3) is 11.2 Å². The molecule has 0 spiro atoms. The van der Waals surface area contributed by atoms with Gasteiger partial charge in [-0.3, -0.25) is 13.6 Å². The number of imidazole rings is 1. The minimum atomic E-state index is -4.04. The smallest absolute Gasteiger partial charge is 0.478 e. The molecule has 2 heterocycles. The van der Waals surface area contributed by atoms with Gasteiger partial charge in [-0.15, -0.1) is 0 Å². The van der Waals surface area contributed by atoms with Crippen LogP contribution in [0.2, 0.25) is 0 Å². The summed E-state index contributed by atoms with van der Waals surface area (Å²) in [6, 6.07) is 0. The number of nitrogens with two attached hydrogens (primary N) is 1. The Morgan fingerprint density at radius 3 is 2.12 bits per heavy atom. The van der Waals surface area contributed by atoms with Crippen LogP contribution in [0, 0.1) is 0 Å². The van der Waals surface area contributed by atoms with Crippen LogP contribution in [0.5, 0.6) is 0 Å². The summed E-state index contributed by atoms with van der Waals surface area (Å²) < 4.78 is 49.2. The van der Waals surface area contributed by atoms with Gasteiger partial charge in [0.2, 0.25) is 13.6 Å². The Morgan fingerprint density at radius 2 is 1.57 bits per heavy atom. The molecule has 2 rings (SSSR count). The first-order valence-corrected chi connectivity index (χ1v) is 13.7. The molecule has 0 saturated heterocycles. The third-order valence-electron chi connectivity index (χ3n) is 4.22. The lowest BCUT2D eigenvalue weighted by atomic mass is 10.4. The van der Waals surface area contributed by atoms with Crippen molar-refractivity contribution < 1.29 is 66.7 Å². The Hall–Kier alpha value is -4.32. The number of hydrogen-bond donors (Lipinski definition) is 3. The van der Waals surface area contributed by atoms with Gasteiger partial charge in [-0.1, -0.05) is 0 Å². The summed E-state index contributed by atoms with van der Waals surface area (Å²) in [6.45, 7) is 5.40. The summed E-state index contributed by atoms with van der Waals surface area (Å²) in [5.74, 6) is -2.28. The van der Waals surface area contributed by atoms with Crippen molar-refractivity contribution in [3.8, 4) is 0 Å². The molecular weight excluding hydrogens is 589 g/mol. The van der Waals surface area contributed by atoms with E-state index in [0.29, 0.717) is 23.3 Å². The van der Waals surface area contributed by atoms with Crippen LogP contribution in [0.3, 0.4) is 0 Å². The van der Waals surface area contributed by atoms with Crippen LogP contribution in [-0.4, -0.2) is 92.7 Å². The predicted molar refractivity (Wildman–Crippen MR) is 140 cm³/mol. The summed E-state index contributed by atoms with van der Waals surface area (Å²) in [5.41, 5.74) is 6.72. The Kier molecular flexibility index (Phi) is 15.5. The molecular formula is C22H32N5O14P. The van der Waals surface area contributed by atoms with Crippen molar-refractivity contribution in [3.63, 3.8) is 0 Å². The zero-order chi connectivity index (χ0) is 31.7. The van der Waals surface area contributed by atoms with E-state index < -0.39 is 64.0 Å². The van der Waals surface area contributed by atoms with Crippen molar-refractivity contribution in [2.24, 2.45) is 0 Å². The molecule has 0 amide bonds. The number of aliphatic carboxylic acids is 2. The number of fused-ring (bicyclic) bond motifs is 1. The number of ether oxygens (including phenoxy) is 5. The van der Waals surface area contributed by atoms with E-state index in [0.717, 1.165) is 0 Å². The minimum absolute atomic E-state index is 0.0823. The fourth-order valence-electron chi connectivity index (χ4n) is 2.53. The SMILES string of the molecule is CCOC(=O)OCOP(=O)(COC(C)Cn1cnc2c(N)ncnc21)OCOC(=O)OC(C)C.O=C(O)C=CC(=O)O. The third kappa shape index (κ3) is 14.4. The van der Waals surface area contributed by atoms with Crippen LogP contribution < -0.4 is 5.73 Å². The van der Waals surface area contributed by atoms with Gasteiger partial charge in [-0.05, 0) is 27.7 Å². The van der Waals surface area contributed by atoms with Crippen molar-refractivity contribution >= 4 is 48.8 Å². The number of anilines is 1. The molecule has 0 bridgehead atoms. The van der Waals surface area contributed by atoms with E-state index in [2.05, 4.69) is 24.4 Å². The highest BCUT2D eigenvalue weighted by atomic mass is 31.2. The van der Waals surface area contributed by atoms with Crippen molar-refractivity contribution in [1.29, 1.82) is 0 Å². The van der Waals surface area contributed by atoms with E-state index in [1.54, 1.807) is 32.3 Å². The van der Waals surface area contributed by atoms with E-state index in [-0.39, 0.29) is 19.0 Å². The average molecular weight is 621 g/mol. The molecule has 0 saturated carbocycles. The second kappa shape index (κ2) is 18.2. The number of carboxylic acids is 2. The van der Waals surface area contributed by atoms with Gasteiger partial charge in [0.15, 0.2) is 11.5 Å². The lowest BCUT2D eigenvalue weighted by Crippen LogP contribution is -2.20. The predicted octanol–water partition coefficient (Wildman–Crippen LogP) is 2.36. The second-order valence-corrected chi connectivity index (χ2v) is 9.93. The topological polar surface area (TPSA) is 260 Å². The van der Waals surface area contributed by atoms with Gasteiger partial charge in [0.25, 0.3) is 0 Å². The Labute approximate surface area is 239 Å². The Balaban J connectivity index is 0.000000962. The first-order valence-electron chi connectivity index (χ1n) is 11.9. The summed E-state index contributed by atoms with van der Waals surface area (Å²) in [4.78, 5) is 54.1. The highest BCUT2D eigenvalue weighted by molar-refractivity contribution is 7.53. The van der Waals surface area contributed by atoms with Gasteiger partial charge in [0.05, 0.1) is 31.7 Å². The lowest BCUT2D eigenvalue weighted by Gasteiger charge is -2.21. The molecule has 2 atom stereocenters. The van der Waals surface area contributed by atoms with E-state index in [9.17, 15) is 23.7 Å². The number of carbonyl (C=O) groups is 4. The van der Waals surface area contributed by atoms with Gasteiger partial charge in [-0.25, -0.2) is 34.1 Å². The van der Waals surface area contributed by atoms with Crippen molar-refractivity contribution in [1.82, 2.24) is 19.5 Å². The molecule has 0 aromatic carbocycles. The summed E-state index contributed by atoms with van der Waals surface area (Å²) in [5, 5.41) is 15.6. The number of rotatable bonds is 15. The van der Waals surface area contributed by atoms with Crippen molar-refractivity contribution in [2.45, 2.75) is 46.4 Å². The van der Waals surface area contributed by atoms with Gasteiger partial charge in [0.1, 0.15) is 18.2 Å². The van der Waals surface area contributed by atoms with Gasteiger partial charge in [-0.2, -0.15) is 0 Å². The van der Waals surface area contributed by atoms with Crippen LogP contribution in [0.15, 0.2) is 24.8 Å². The van der Waals surface area contributed by atoms with Crippen molar-refractivity contribution in [2.75, 3.05) is 32.3 Å². The first kappa shape index (κ1) is 35.7. The fraction of sp³-hybridized carbons (Fsp3) is 0.500. The number of nitrogens with zero attached hydrogens (tertiary/aromatic N) is 4. The van der Waals surface area contributed by atoms with Crippen molar-refractivity contribution in [3.05, 3.63) is 24.8 Å². The monoisotopic (exact) mass is 621 g/mol.